The molecule has 0 saturated heterocycles. The minimum atomic E-state index is 0.0286. The molecule has 2 nitrogen and oxygen atoms in total. The molecule has 1 aromatic carbocycles. The van der Waals surface area contributed by atoms with Crippen LogP contribution in [0.2, 0.25) is 0 Å². The molecule has 1 fully saturated rings. The zero-order valence-electron chi connectivity index (χ0n) is 7.42. The van der Waals surface area contributed by atoms with Gasteiger partial charge in [-0.05, 0) is 37.0 Å². The summed E-state index contributed by atoms with van der Waals surface area (Å²) >= 11 is 0. The van der Waals surface area contributed by atoms with Gasteiger partial charge in [-0.15, -0.1) is 0 Å². The van der Waals surface area contributed by atoms with E-state index in [1.165, 1.54) is 12.8 Å². The van der Waals surface area contributed by atoms with Crippen molar-refractivity contribution in [3.05, 3.63) is 35.9 Å². The first-order valence-corrected chi connectivity index (χ1v) is 4.60. The van der Waals surface area contributed by atoms with Crippen LogP contribution in [0.1, 0.15) is 23.2 Å². The number of hydrogen-bond acceptors (Lipinski definition) is 1. The van der Waals surface area contributed by atoms with Crippen LogP contribution in [0, 0.1) is 12.0 Å². The molecule has 1 amide bonds. The Kier molecular flexibility index (Phi) is 2.30. The molecule has 67 valence electrons. The van der Waals surface area contributed by atoms with Gasteiger partial charge in [0.15, 0.2) is 0 Å². The number of carbonyl (C=O) groups is 1. The molecule has 1 saturated carbocycles. The van der Waals surface area contributed by atoms with Crippen LogP contribution in [-0.2, 0) is 0 Å². The monoisotopic (exact) mass is 174 g/mol. The van der Waals surface area contributed by atoms with E-state index in [-0.39, 0.29) is 5.91 Å². The van der Waals surface area contributed by atoms with Crippen molar-refractivity contribution in [1.82, 2.24) is 5.32 Å². The van der Waals surface area contributed by atoms with E-state index in [0.717, 1.165) is 18.0 Å². The topological polar surface area (TPSA) is 29.1 Å². The summed E-state index contributed by atoms with van der Waals surface area (Å²) in [5, 5.41) is 2.91. The molecule has 0 aromatic heterocycles. The first-order chi connectivity index (χ1) is 6.36. The van der Waals surface area contributed by atoms with E-state index in [1.807, 2.05) is 0 Å². The molecule has 2 rings (SSSR count). The fourth-order valence-corrected chi connectivity index (χ4v) is 1.20. The van der Waals surface area contributed by atoms with Crippen molar-refractivity contribution in [3.8, 4) is 0 Å². The number of nitrogens with one attached hydrogen (secondary N) is 1. The van der Waals surface area contributed by atoms with Crippen LogP contribution in [0.4, 0.5) is 0 Å². The van der Waals surface area contributed by atoms with Gasteiger partial charge in [0.25, 0.3) is 5.91 Å². The Morgan fingerprint density at radius 1 is 1.46 bits per heavy atom. The van der Waals surface area contributed by atoms with Crippen molar-refractivity contribution in [2.24, 2.45) is 5.92 Å². The molecule has 0 atom stereocenters. The van der Waals surface area contributed by atoms with Crippen LogP contribution < -0.4 is 5.32 Å². The first kappa shape index (κ1) is 8.30. The Morgan fingerprint density at radius 2 is 2.15 bits per heavy atom. The predicted molar refractivity (Wildman–Crippen MR) is 50.3 cm³/mol. The number of amides is 1. The van der Waals surface area contributed by atoms with Gasteiger partial charge in [-0.1, -0.05) is 12.1 Å². The summed E-state index contributed by atoms with van der Waals surface area (Å²) in [4.78, 5) is 11.5. The highest BCUT2D eigenvalue weighted by Crippen LogP contribution is 2.27. The summed E-state index contributed by atoms with van der Waals surface area (Å²) in [5.41, 5.74) is 0.722. The zero-order chi connectivity index (χ0) is 9.10. The number of carbonyl (C=O) groups excluding carboxylic acids is 1. The van der Waals surface area contributed by atoms with Crippen molar-refractivity contribution in [2.45, 2.75) is 12.8 Å². The molecule has 0 spiro atoms. The fourth-order valence-electron chi connectivity index (χ4n) is 1.20. The number of rotatable bonds is 3. The van der Waals surface area contributed by atoms with Crippen LogP contribution in [0.15, 0.2) is 24.3 Å². The summed E-state index contributed by atoms with van der Waals surface area (Å²) in [6, 6.07) is 9.96. The second-order valence-electron chi connectivity index (χ2n) is 3.44. The standard InChI is InChI=1S/C11H12NO/c13-11(12-8-9-6-7-9)10-4-2-1-3-5-10/h2-5,9H,6-8H2,(H,12,13). The maximum absolute atomic E-state index is 11.5. The van der Waals surface area contributed by atoms with E-state index in [2.05, 4.69) is 11.4 Å². The molecule has 0 aliphatic heterocycles. The van der Waals surface area contributed by atoms with Crippen molar-refractivity contribution >= 4 is 5.91 Å². The van der Waals surface area contributed by atoms with Crippen LogP contribution in [0.3, 0.4) is 0 Å². The molecule has 1 aromatic rings. The van der Waals surface area contributed by atoms with E-state index >= 15 is 0 Å². The first-order valence-electron chi connectivity index (χ1n) is 4.60. The lowest BCUT2D eigenvalue weighted by molar-refractivity contribution is 0.0952. The highest BCUT2D eigenvalue weighted by molar-refractivity contribution is 5.94. The Hall–Kier alpha value is -1.31. The van der Waals surface area contributed by atoms with Crippen LogP contribution in [-0.4, -0.2) is 12.5 Å². The third kappa shape index (κ3) is 2.31. The van der Waals surface area contributed by atoms with E-state index in [1.54, 1.807) is 24.3 Å². The van der Waals surface area contributed by atoms with Crippen molar-refractivity contribution in [2.75, 3.05) is 6.54 Å². The number of hydrogen-bond donors (Lipinski definition) is 1. The Morgan fingerprint density at radius 3 is 2.77 bits per heavy atom. The molecule has 1 aliphatic carbocycles. The Balaban J connectivity index is 1.89. The van der Waals surface area contributed by atoms with Gasteiger partial charge in [-0.25, -0.2) is 0 Å². The zero-order valence-corrected chi connectivity index (χ0v) is 7.42. The molecule has 0 heterocycles. The van der Waals surface area contributed by atoms with E-state index in [0.29, 0.717) is 0 Å². The molecule has 13 heavy (non-hydrogen) atoms. The van der Waals surface area contributed by atoms with Crippen LogP contribution in [0.5, 0.6) is 0 Å². The van der Waals surface area contributed by atoms with Crippen LogP contribution in [0.25, 0.3) is 0 Å². The van der Waals surface area contributed by atoms with Gasteiger partial charge in [0.05, 0.1) is 0 Å². The summed E-state index contributed by atoms with van der Waals surface area (Å²) < 4.78 is 0. The average Bonchev–Trinajstić information content (AvgIpc) is 2.99. The van der Waals surface area contributed by atoms with Gasteiger partial charge in [0, 0.05) is 12.1 Å². The van der Waals surface area contributed by atoms with Gasteiger partial charge in [-0.2, -0.15) is 0 Å². The summed E-state index contributed by atoms with van der Waals surface area (Å²) in [6.45, 7) is 0.831. The van der Waals surface area contributed by atoms with Gasteiger partial charge in [0.2, 0.25) is 0 Å². The largest absolute Gasteiger partial charge is 0.352 e. The van der Waals surface area contributed by atoms with E-state index in [9.17, 15) is 4.79 Å². The van der Waals surface area contributed by atoms with Gasteiger partial charge in [-0.3, -0.25) is 4.79 Å². The third-order valence-corrected chi connectivity index (χ3v) is 2.23. The second kappa shape index (κ2) is 3.60. The maximum Gasteiger partial charge on any atom is 0.251 e. The molecular weight excluding hydrogens is 162 g/mol. The lowest BCUT2D eigenvalue weighted by Crippen LogP contribution is -2.25. The minimum absolute atomic E-state index is 0.0286. The van der Waals surface area contributed by atoms with E-state index in [4.69, 9.17) is 0 Å². The summed E-state index contributed by atoms with van der Waals surface area (Å²) in [6.07, 6.45) is 2.53. The van der Waals surface area contributed by atoms with E-state index < -0.39 is 0 Å². The smallest absolute Gasteiger partial charge is 0.251 e. The SMILES string of the molecule is O=C(NCC1CC1)c1cc[c]cc1. The average molecular weight is 174 g/mol. The van der Waals surface area contributed by atoms with Gasteiger partial charge >= 0.3 is 0 Å². The Labute approximate surface area is 78.0 Å². The van der Waals surface area contributed by atoms with Crippen LogP contribution >= 0.6 is 0 Å². The summed E-state index contributed by atoms with van der Waals surface area (Å²) in [7, 11) is 0. The van der Waals surface area contributed by atoms with Crippen molar-refractivity contribution in [1.29, 1.82) is 0 Å². The highest BCUT2D eigenvalue weighted by atomic mass is 16.1. The molecule has 1 aliphatic rings. The lowest BCUT2D eigenvalue weighted by Gasteiger charge is -2.02. The van der Waals surface area contributed by atoms with Gasteiger partial charge in [0.1, 0.15) is 0 Å². The molecule has 2 heteroatoms. The summed E-state index contributed by atoms with van der Waals surface area (Å²) in [5.74, 6) is 0.764. The van der Waals surface area contributed by atoms with Gasteiger partial charge < -0.3 is 5.32 Å². The lowest BCUT2D eigenvalue weighted by atomic mass is 10.2. The molecular formula is C11H12NO. The highest BCUT2D eigenvalue weighted by Gasteiger charge is 2.21. The van der Waals surface area contributed by atoms with Crippen molar-refractivity contribution < 1.29 is 4.79 Å². The molecule has 0 bridgehead atoms. The Bertz CT molecular complexity index is 290. The maximum atomic E-state index is 11.5. The normalized spacial score (nSPS) is 15.4. The second-order valence-corrected chi connectivity index (χ2v) is 3.44. The minimum Gasteiger partial charge on any atom is -0.352 e. The molecule has 0 unspecified atom stereocenters. The molecule has 1 N–H and O–H groups in total. The fraction of sp³-hybridized carbons (Fsp3) is 0.364. The predicted octanol–water partition coefficient (Wildman–Crippen LogP) is 1.63. The molecule has 1 radical (unpaired) electrons. The third-order valence-electron chi connectivity index (χ3n) is 2.23. The van der Waals surface area contributed by atoms with Crippen molar-refractivity contribution in [3.63, 3.8) is 0 Å². The number of benzene rings is 1. The quantitative estimate of drug-likeness (QED) is 0.741.